The number of ether oxygens (including phenoxy) is 1. The van der Waals surface area contributed by atoms with E-state index in [4.69, 9.17) is 4.74 Å². The van der Waals surface area contributed by atoms with Gasteiger partial charge in [0.2, 0.25) is 15.6 Å². The molecule has 0 amide bonds. The average molecular weight is 585 g/mol. The van der Waals surface area contributed by atoms with Gasteiger partial charge in [0.1, 0.15) is 17.4 Å². The molecule has 2 fully saturated rings. The van der Waals surface area contributed by atoms with Gasteiger partial charge in [-0.3, -0.25) is 4.79 Å². The minimum absolute atomic E-state index is 0.00549. The van der Waals surface area contributed by atoms with Crippen molar-refractivity contribution in [1.82, 2.24) is 24.3 Å². The van der Waals surface area contributed by atoms with Crippen molar-refractivity contribution in [2.45, 2.75) is 31.8 Å². The number of rotatable bonds is 7. The van der Waals surface area contributed by atoms with E-state index in [2.05, 4.69) is 15.2 Å². The number of benzene rings is 1. The van der Waals surface area contributed by atoms with Crippen molar-refractivity contribution in [1.29, 1.82) is 0 Å². The highest BCUT2D eigenvalue weighted by Crippen LogP contribution is 2.44. The van der Waals surface area contributed by atoms with Crippen molar-refractivity contribution in [2.75, 3.05) is 36.5 Å². The molecule has 0 spiro atoms. The van der Waals surface area contributed by atoms with Gasteiger partial charge in [0.15, 0.2) is 11.6 Å². The smallest absolute Gasteiger partial charge is 0.342 e. The molecule has 214 valence electrons. The summed E-state index contributed by atoms with van der Waals surface area (Å²) in [5.41, 5.74) is -0.565. The molecule has 6 rings (SSSR count). The SMILES string of the molecule is COc1c(N2CCN(c3nnc(-c4ncc([N+](=O)[O-])n4C)s3)C(C)C2)c(F)cc2c(=O)c(C(=O)O)cn(C3CC3)c12. The van der Waals surface area contributed by atoms with Crippen LogP contribution in [0.4, 0.5) is 21.0 Å². The molecule has 0 radical (unpaired) electrons. The first-order valence-corrected chi connectivity index (χ1v) is 13.6. The maximum atomic E-state index is 15.7. The molecule has 0 bridgehead atoms. The first kappa shape index (κ1) is 26.6. The summed E-state index contributed by atoms with van der Waals surface area (Å²) in [6.45, 7) is 3.21. The number of aromatic nitrogens is 5. The van der Waals surface area contributed by atoms with Crippen LogP contribution in [-0.2, 0) is 7.05 Å². The van der Waals surface area contributed by atoms with Crippen molar-refractivity contribution in [3.63, 3.8) is 0 Å². The topological polar surface area (TPSA) is 162 Å². The zero-order valence-corrected chi connectivity index (χ0v) is 23.1. The van der Waals surface area contributed by atoms with Gasteiger partial charge < -0.3 is 34.3 Å². The fourth-order valence-corrected chi connectivity index (χ4v) is 6.37. The summed E-state index contributed by atoms with van der Waals surface area (Å²) in [6.07, 6.45) is 4.14. The van der Waals surface area contributed by atoms with Gasteiger partial charge in [0, 0.05) is 37.9 Å². The van der Waals surface area contributed by atoms with Crippen LogP contribution in [-0.4, -0.2) is 73.1 Å². The van der Waals surface area contributed by atoms with Crippen molar-refractivity contribution < 1.29 is 24.0 Å². The predicted molar refractivity (Wildman–Crippen MR) is 148 cm³/mol. The first-order chi connectivity index (χ1) is 19.6. The van der Waals surface area contributed by atoms with Crippen LogP contribution < -0.4 is 20.0 Å². The van der Waals surface area contributed by atoms with Gasteiger partial charge in [-0.25, -0.2) is 18.7 Å². The molecule has 4 aromatic rings. The van der Waals surface area contributed by atoms with Crippen molar-refractivity contribution in [2.24, 2.45) is 7.05 Å². The van der Waals surface area contributed by atoms with Crippen molar-refractivity contribution in [3.8, 4) is 16.6 Å². The number of nitrogens with zero attached hydrogens (tertiary/aromatic N) is 8. The van der Waals surface area contributed by atoms with Crippen LogP contribution in [0.15, 0.2) is 23.3 Å². The van der Waals surface area contributed by atoms with Crippen LogP contribution in [0.5, 0.6) is 5.75 Å². The summed E-state index contributed by atoms with van der Waals surface area (Å²) >= 11 is 1.26. The molecule has 1 aliphatic carbocycles. The Morgan fingerprint density at radius 1 is 1.29 bits per heavy atom. The van der Waals surface area contributed by atoms with Crippen LogP contribution in [0, 0.1) is 15.9 Å². The molecule has 3 aromatic heterocycles. The minimum atomic E-state index is -1.36. The Kier molecular flexibility index (Phi) is 6.36. The van der Waals surface area contributed by atoms with E-state index in [1.165, 1.54) is 35.4 Å². The molecule has 1 aliphatic heterocycles. The molecular weight excluding hydrogens is 559 g/mol. The second-order valence-electron chi connectivity index (χ2n) is 10.1. The fourth-order valence-electron chi connectivity index (χ4n) is 5.36. The second kappa shape index (κ2) is 9.79. The van der Waals surface area contributed by atoms with Crippen LogP contribution >= 0.6 is 11.3 Å². The number of imidazole rings is 1. The number of halogens is 1. The number of methoxy groups -OCH3 is 1. The number of aromatic carboxylic acids is 1. The molecule has 1 unspecified atom stereocenters. The third-order valence-electron chi connectivity index (χ3n) is 7.52. The molecule has 1 saturated heterocycles. The minimum Gasteiger partial charge on any atom is -0.492 e. The van der Waals surface area contributed by atoms with E-state index in [9.17, 15) is 24.8 Å². The lowest BCUT2D eigenvalue weighted by Gasteiger charge is -2.41. The zero-order chi connectivity index (χ0) is 29.2. The molecular formula is C25H25FN8O6S. The van der Waals surface area contributed by atoms with Gasteiger partial charge in [-0.05, 0) is 30.8 Å². The van der Waals surface area contributed by atoms with Gasteiger partial charge in [0.05, 0.1) is 25.1 Å². The van der Waals surface area contributed by atoms with E-state index in [1.807, 2.05) is 16.7 Å². The third-order valence-corrected chi connectivity index (χ3v) is 8.48. The molecule has 4 heterocycles. The van der Waals surface area contributed by atoms with Gasteiger partial charge in [-0.1, -0.05) is 11.3 Å². The maximum absolute atomic E-state index is 15.7. The van der Waals surface area contributed by atoms with Crippen LogP contribution in [0.3, 0.4) is 0 Å². The van der Waals surface area contributed by atoms with E-state index >= 15 is 4.39 Å². The summed E-state index contributed by atoms with van der Waals surface area (Å²) in [7, 11) is 2.95. The van der Waals surface area contributed by atoms with E-state index < -0.39 is 27.7 Å². The lowest BCUT2D eigenvalue weighted by Crippen LogP contribution is -2.52. The number of hydrogen-bond donors (Lipinski definition) is 1. The highest BCUT2D eigenvalue weighted by Gasteiger charge is 2.34. The van der Waals surface area contributed by atoms with Gasteiger partial charge in [-0.2, -0.15) is 0 Å². The van der Waals surface area contributed by atoms with Crippen molar-refractivity contribution in [3.05, 3.63) is 50.2 Å². The number of carboxylic acid groups (broad SMARTS) is 1. The predicted octanol–water partition coefficient (Wildman–Crippen LogP) is 3.06. The molecule has 1 saturated carbocycles. The van der Waals surface area contributed by atoms with Gasteiger partial charge >= 0.3 is 11.8 Å². The largest absolute Gasteiger partial charge is 0.492 e. The Balaban J connectivity index is 1.33. The number of hydrogen-bond acceptors (Lipinski definition) is 11. The van der Waals surface area contributed by atoms with E-state index in [-0.39, 0.29) is 34.7 Å². The molecule has 16 heteroatoms. The Morgan fingerprint density at radius 2 is 2.05 bits per heavy atom. The lowest BCUT2D eigenvalue weighted by atomic mass is 10.1. The summed E-state index contributed by atoms with van der Waals surface area (Å²) in [4.78, 5) is 43.4. The molecule has 1 aromatic carbocycles. The van der Waals surface area contributed by atoms with Crippen molar-refractivity contribution >= 4 is 44.8 Å². The molecule has 1 N–H and O–H groups in total. The standard InChI is InChI=1S/C25H25FN8O6S/c1-12-10-31(6-7-32(12)25-29-28-23(41-25)22-27-9-17(30(22)2)34(38)39)19-16(26)8-14-18(21(19)40-3)33(13-4-5-13)11-15(20(14)35)24(36)37/h8-9,11-13H,4-7,10H2,1-3H3,(H,36,37). The highest BCUT2D eigenvalue weighted by molar-refractivity contribution is 7.18. The van der Waals surface area contributed by atoms with E-state index in [1.54, 1.807) is 11.6 Å². The maximum Gasteiger partial charge on any atom is 0.342 e. The number of nitro groups is 1. The number of fused-ring (bicyclic) bond motifs is 1. The molecule has 14 nitrogen and oxygen atoms in total. The monoisotopic (exact) mass is 584 g/mol. The summed E-state index contributed by atoms with van der Waals surface area (Å²) < 4.78 is 24.5. The number of carbonyl (C=O) groups is 1. The Labute approximate surface area is 235 Å². The quantitative estimate of drug-likeness (QED) is 0.251. The number of piperazine rings is 1. The molecule has 41 heavy (non-hydrogen) atoms. The number of carboxylic acids is 1. The van der Waals surface area contributed by atoms with E-state index in [0.717, 1.165) is 18.9 Å². The number of anilines is 2. The summed E-state index contributed by atoms with van der Waals surface area (Å²) in [6, 6.07) is 0.979. The highest BCUT2D eigenvalue weighted by atomic mass is 32.1. The summed E-state index contributed by atoms with van der Waals surface area (Å²) in [5, 5.41) is 30.2. The normalized spacial score (nSPS) is 17.3. The van der Waals surface area contributed by atoms with Crippen LogP contribution in [0.25, 0.3) is 21.7 Å². The van der Waals surface area contributed by atoms with Crippen LogP contribution in [0.1, 0.15) is 36.2 Å². The Hall–Kier alpha value is -4.60. The Morgan fingerprint density at radius 3 is 2.66 bits per heavy atom. The molecule has 2 aliphatic rings. The zero-order valence-electron chi connectivity index (χ0n) is 22.3. The van der Waals surface area contributed by atoms with Gasteiger partial charge in [-0.15, -0.1) is 10.2 Å². The Bertz CT molecular complexity index is 1780. The summed E-state index contributed by atoms with van der Waals surface area (Å²) in [5.74, 6) is -1.66. The second-order valence-corrected chi connectivity index (χ2v) is 11.0. The van der Waals surface area contributed by atoms with E-state index in [0.29, 0.717) is 41.1 Å². The fraction of sp³-hybridized carbons (Fsp3) is 0.400. The van der Waals surface area contributed by atoms with Crippen LogP contribution in [0.2, 0.25) is 0 Å². The lowest BCUT2D eigenvalue weighted by molar-refractivity contribution is -0.391. The number of pyridine rings is 1. The first-order valence-electron chi connectivity index (χ1n) is 12.8. The average Bonchev–Trinajstić information content (AvgIpc) is 3.53. The third kappa shape index (κ3) is 4.34. The molecule has 1 atom stereocenters. The van der Waals surface area contributed by atoms with Gasteiger partial charge in [0.25, 0.3) is 5.82 Å².